The zero-order valence-corrected chi connectivity index (χ0v) is 14.1. The van der Waals surface area contributed by atoms with Crippen molar-refractivity contribution in [1.29, 1.82) is 0 Å². The molecular weight excluding hydrogens is 294 g/mol. The van der Waals surface area contributed by atoms with Crippen LogP contribution in [0.2, 0.25) is 0 Å². The Balaban J connectivity index is 1.38. The number of hydrogen-bond donors (Lipinski definition) is 1. The van der Waals surface area contributed by atoms with Crippen molar-refractivity contribution in [1.82, 2.24) is 9.88 Å². The van der Waals surface area contributed by atoms with Crippen LogP contribution in [0.15, 0.2) is 60.9 Å². The molecule has 1 aliphatic rings. The second-order valence-corrected chi connectivity index (χ2v) is 6.79. The van der Waals surface area contributed by atoms with E-state index in [2.05, 4.69) is 70.7 Å². The fourth-order valence-corrected chi connectivity index (χ4v) is 3.45. The molecule has 3 aromatic rings. The van der Waals surface area contributed by atoms with Gasteiger partial charge in [0, 0.05) is 49.1 Å². The highest BCUT2D eigenvalue weighted by molar-refractivity contribution is 5.84. The summed E-state index contributed by atoms with van der Waals surface area (Å²) >= 11 is 0. The minimum Gasteiger partial charge on any atom is -0.381 e. The van der Waals surface area contributed by atoms with Crippen LogP contribution in [0.1, 0.15) is 17.5 Å². The topological polar surface area (TPSA) is 28.2 Å². The molecular formula is C21H23N3. The Morgan fingerprint density at radius 1 is 1.08 bits per heavy atom. The molecule has 3 nitrogen and oxygen atoms in total. The number of nitrogens with zero attached hydrogens (tertiary/aromatic N) is 2. The highest BCUT2D eigenvalue weighted by atomic mass is 15.2. The molecule has 1 aromatic heterocycles. The summed E-state index contributed by atoms with van der Waals surface area (Å²) in [5.74, 6) is 0. The van der Waals surface area contributed by atoms with Gasteiger partial charge in [0.05, 0.1) is 0 Å². The van der Waals surface area contributed by atoms with E-state index >= 15 is 0 Å². The van der Waals surface area contributed by atoms with Gasteiger partial charge in [-0.15, -0.1) is 0 Å². The Hall–Kier alpha value is -2.39. The van der Waals surface area contributed by atoms with E-state index in [1.165, 1.54) is 34.0 Å². The standard InChI is InChI=1S/C21H23N3/c1-16-2-4-17(5-3-16)14-24-11-9-21(15-24)23-20-7-6-19-13-22-10-8-18(19)12-20/h2-8,10,12-13,21,23H,9,11,14-15H2,1H3/t21-/m1/s1. The highest BCUT2D eigenvalue weighted by Crippen LogP contribution is 2.22. The first-order valence-corrected chi connectivity index (χ1v) is 8.64. The van der Waals surface area contributed by atoms with Gasteiger partial charge in [0.2, 0.25) is 0 Å². The lowest BCUT2D eigenvalue weighted by molar-refractivity contribution is 0.328. The first-order valence-electron chi connectivity index (χ1n) is 8.64. The quantitative estimate of drug-likeness (QED) is 0.780. The number of nitrogens with one attached hydrogen (secondary N) is 1. The third kappa shape index (κ3) is 3.41. The maximum absolute atomic E-state index is 4.17. The van der Waals surface area contributed by atoms with Crippen LogP contribution >= 0.6 is 0 Å². The predicted octanol–water partition coefficient (Wildman–Crippen LogP) is 4.23. The van der Waals surface area contributed by atoms with E-state index in [0.29, 0.717) is 6.04 Å². The smallest absolute Gasteiger partial charge is 0.0400 e. The summed E-state index contributed by atoms with van der Waals surface area (Å²) in [6.07, 6.45) is 4.96. The molecule has 0 amide bonds. The van der Waals surface area contributed by atoms with Crippen molar-refractivity contribution < 1.29 is 0 Å². The Bertz CT molecular complexity index is 826. The van der Waals surface area contributed by atoms with Crippen molar-refractivity contribution in [2.45, 2.75) is 25.9 Å². The lowest BCUT2D eigenvalue weighted by Crippen LogP contribution is -2.25. The highest BCUT2D eigenvalue weighted by Gasteiger charge is 2.22. The van der Waals surface area contributed by atoms with Crippen LogP contribution < -0.4 is 5.32 Å². The summed E-state index contributed by atoms with van der Waals surface area (Å²) in [7, 11) is 0. The van der Waals surface area contributed by atoms with Crippen molar-refractivity contribution in [3.63, 3.8) is 0 Å². The molecule has 0 spiro atoms. The average molecular weight is 317 g/mol. The fourth-order valence-electron chi connectivity index (χ4n) is 3.45. The Morgan fingerprint density at radius 3 is 2.83 bits per heavy atom. The van der Waals surface area contributed by atoms with E-state index in [9.17, 15) is 0 Å². The third-order valence-corrected chi connectivity index (χ3v) is 4.81. The van der Waals surface area contributed by atoms with Gasteiger partial charge in [-0.2, -0.15) is 0 Å². The van der Waals surface area contributed by atoms with Crippen LogP contribution in [-0.4, -0.2) is 29.0 Å². The van der Waals surface area contributed by atoms with Gasteiger partial charge < -0.3 is 5.32 Å². The molecule has 1 fully saturated rings. The van der Waals surface area contributed by atoms with Crippen LogP contribution in [0.25, 0.3) is 10.8 Å². The van der Waals surface area contributed by atoms with Crippen molar-refractivity contribution >= 4 is 16.5 Å². The molecule has 0 radical (unpaired) electrons. The van der Waals surface area contributed by atoms with Crippen LogP contribution in [0.4, 0.5) is 5.69 Å². The Kier molecular flexibility index (Phi) is 4.18. The second kappa shape index (κ2) is 6.62. The monoisotopic (exact) mass is 317 g/mol. The molecule has 1 N–H and O–H groups in total. The maximum atomic E-state index is 4.17. The molecule has 3 heteroatoms. The number of benzene rings is 2. The van der Waals surface area contributed by atoms with Gasteiger partial charge in [-0.1, -0.05) is 35.9 Å². The van der Waals surface area contributed by atoms with E-state index in [4.69, 9.17) is 0 Å². The lowest BCUT2D eigenvalue weighted by atomic mass is 10.1. The molecule has 4 rings (SSSR count). The number of aromatic nitrogens is 1. The van der Waals surface area contributed by atoms with Gasteiger partial charge in [0.1, 0.15) is 0 Å². The number of rotatable bonds is 4. The number of likely N-dealkylation sites (tertiary alicyclic amines) is 1. The molecule has 24 heavy (non-hydrogen) atoms. The average Bonchev–Trinajstić information content (AvgIpc) is 3.04. The number of pyridine rings is 1. The first kappa shape index (κ1) is 15.2. The molecule has 0 aliphatic carbocycles. The number of anilines is 1. The summed E-state index contributed by atoms with van der Waals surface area (Å²) in [5.41, 5.74) is 3.93. The molecule has 0 unspecified atom stereocenters. The second-order valence-electron chi connectivity index (χ2n) is 6.79. The molecule has 2 aromatic carbocycles. The Labute approximate surface area is 143 Å². The number of hydrogen-bond acceptors (Lipinski definition) is 3. The van der Waals surface area contributed by atoms with Gasteiger partial charge in [-0.25, -0.2) is 0 Å². The predicted molar refractivity (Wildman–Crippen MR) is 100 cm³/mol. The summed E-state index contributed by atoms with van der Waals surface area (Å²) in [5, 5.41) is 6.13. The van der Waals surface area contributed by atoms with Crippen LogP contribution in [0, 0.1) is 6.92 Å². The van der Waals surface area contributed by atoms with E-state index in [1.807, 2.05) is 12.4 Å². The molecule has 1 aliphatic heterocycles. The van der Waals surface area contributed by atoms with Gasteiger partial charge in [0.25, 0.3) is 0 Å². The van der Waals surface area contributed by atoms with Crippen LogP contribution in [0.5, 0.6) is 0 Å². The molecule has 0 saturated carbocycles. The van der Waals surface area contributed by atoms with Crippen molar-refractivity contribution in [2.75, 3.05) is 18.4 Å². The summed E-state index contributed by atoms with van der Waals surface area (Å²) < 4.78 is 0. The molecule has 1 saturated heterocycles. The molecule has 0 bridgehead atoms. The zero-order chi connectivity index (χ0) is 16.4. The van der Waals surface area contributed by atoms with E-state index in [0.717, 1.165) is 19.6 Å². The van der Waals surface area contributed by atoms with Gasteiger partial charge in [-0.3, -0.25) is 9.88 Å². The molecule has 1 atom stereocenters. The lowest BCUT2D eigenvalue weighted by Gasteiger charge is -2.18. The Morgan fingerprint density at radius 2 is 1.96 bits per heavy atom. The largest absolute Gasteiger partial charge is 0.381 e. The summed E-state index contributed by atoms with van der Waals surface area (Å²) in [6.45, 7) is 5.44. The van der Waals surface area contributed by atoms with Gasteiger partial charge in [0.15, 0.2) is 0 Å². The van der Waals surface area contributed by atoms with E-state index in [1.54, 1.807) is 0 Å². The van der Waals surface area contributed by atoms with E-state index in [-0.39, 0.29) is 0 Å². The van der Waals surface area contributed by atoms with E-state index < -0.39 is 0 Å². The molecule has 2 heterocycles. The van der Waals surface area contributed by atoms with Crippen molar-refractivity contribution in [3.05, 3.63) is 72.1 Å². The van der Waals surface area contributed by atoms with Crippen molar-refractivity contribution in [3.8, 4) is 0 Å². The summed E-state index contributed by atoms with van der Waals surface area (Å²) in [4.78, 5) is 6.71. The minimum absolute atomic E-state index is 0.523. The zero-order valence-electron chi connectivity index (χ0n) is 14.1. The third-order valence-electron chi connectivity index (χ3n) is 4.81. The fraction of sp³-hybridized carbons (Fsp3) is 0.286. The number of aryl methyl sites for hydroxylation is 1. The summed E-state index contributed by atoms with van der Waals surface area (Å²) in [6, 6.07) is 18.0. The van der Waals surface area contributed by atoms with Gasteiger partial charge >= 0.3 is 0 Å². The first-order chi connectivity index (χ1) is 11.8. The molecule has 122 valence electrons. The van der Waals surface area contributed by atoms with Crippen LogP contribution in [-0.2, 0) is 6.54 Å². The SMILES string of the molecule is Cc1ccc(CN2CC[C@@H](Nc3ccc4cnccc4c3)C2)cc1. The maximum Gasteiger partial charge on any atom is 0.0400 e. The van der Waals surface area contributed by atoms with Crippen LogP contribution in [0.3, 0.4) is 0 Å². The number of fused-ring (bicyclic) bond motifs is 1. The van der Waals surface area contributed by atoms with Crippen molar-refractivity contribution in [2.24, 2.45) is 0 Å². The normalized spacial score (nSPS) is 18.1. The minimum atomic E-state index is 0.523. The van der Waals surface area contributed by atoms with Gasteiger partial charge in [-0.05, 0) is 42.5 Å².